The van der Waals surface area contributed by atoms with E-state index in [0.717, 1.165) is 22.2 Å². The van der Waals surface area contributed by atoms with Crippen molar-refractivity contribution in [3.05, 3.63) is 74.0 Å². The van der Waals surface area contributed by atoms with Crippen molar-refractivity contribution in [1.29, 1.82) is 0 Å². The smallest absolute Gasteiger partial charge is 0.290 e. The maximum absolute atomic E-state index is 13.4. The topological polar surface area (TPSA) is 80.0 Å². The summed E-state index contributed by atoms with van der Waals surface area (Å²) in [6.07, 6.45) is 1.32. The molecule has 0 spiro atoms. The van der Waals surface area contributed by atoms with Crippen LogP contribution >= 0.6 is 15.9 Å². The number of aliphatic hydroxyl groups is 1. The fraction of sp³-hybridized carbons (Fsp3) is 0.304. The van der Waals surface area contributed by atoms with Crippen LogP contribution in [0.4, 0.5) is 0 Å². The van der Waals surface area contributed by atoms with Crippen molar-refractivity contribution in [2.45, 2.75) is 25.8 Å². The lowest BCUT2D eigenvalue weighted by Gasteiger charge is -2.25. The second-order valence-electron chi connectivity index (χ2n) is 7.21. The molecule has 0 aliphatic carbocycles. The largest absolute Gasteiger partial charge is 0.494 e. The molecule has 4 rings (SSSR count). The Labute approximate surface area is 182 Å². The summed E-state index contributed by atoms with van der Waals surface area (Å²) in [6, 6.07) is 12.0. The molecule has 2 heterocycles. The Bertz CT molecular complexity index is 1140. The van der Waals surface area contributed by atoms with Crippen molar-refractivity contribution < 1.29 is 19.1 Å². The van der Waals surface area contributed by atoms with Gasteiger partial charge in [-0.2, -0.15) is 0 Å². The molecule has 3 aromatic rings. The molecule has 6 nitrogen and oxygen atoms in total. The van der Waals surface area contributed by atoms with Gasteiger partial charge in [-0.15, -0.1) is 0 Å². The van der Waals surface area contributed by atoms with Crippen LogP contribution in [0.5, 0.6) is 5.75 Å². The number of amides is 1. The van der Waals surface area contributed by atoms with E-state index < -0.39 is 6.04 Å². The second-order valence-corrected chi connectivity index (χ2v) is 8.13. The molecule has 1 aliphatic rings. The molecule has 1 amide bonds. The molecule has 0 saturated heterocycles. The lowest BCUT2D eigenvalue weighted by molar-refractivity contribution is 0.0716. The Morgan fingerprint density at radius 3 is 2.63 bits per heavy atom. The lowest BCUT2D eigenvalue weighted by Crippen LogP contribution is -2.31. The Morgan fingerprint density at radius 2 is 1.93 bits per heavy atom. The van der Waals surface area contributed by atoms with Crippen LogP contribution in [0, 0.1) is 0 Å². The van der Waals surface area contributed by atoms with Crippen LogP contribution in [-0.4, -0.2) is 35.7 Å². The zero-order valence-corrected chi connectivity index (χ0v) is 18.1. The van der Waals surface area contributed by atoms with Crippen LogP contribution in [-0.2, 0) is 0 Å². The van der Waals surface area contributed by atoms with Gasteiger partial charge in [0.05, 0.1) is 23.6 Å². The van der Waals surface area contributed by atoms with Crippen molar-refractivity contribution in [3.63, 3.8) is 0 Å². The second kappa shape index (κ2) is 8.62. The highest BCUT2D eigenvalue weighted by atomic mass is 79.9. The highest BCUT2D eigenvalue weighted by Gasteiger charge is 2.42. The van der Waals surface area contributed by atoms with Gasteiger partial charge in [-0.3, -0.25) is 9.59 Å². The molecule has 1 atom stereocenters. The van der Waals surface area contributed by atoms with Crippen molar-refractivity contribution in [1.82, 2.24) is 4.90 Å². The van der Waals surface area contributed by atoms with Gasteiger partial charge in [0.1, 0.15) is 11.3 Å². The van der Waals surface area contributed by atoms with Crippen LogP contribution in [0.25, 0.3) is 11.0 Å². The molecule has 0 radical (unpaired) electrons. The number of hydrogen-bond acceptors (Lipinski definition) is 5. The van der Waals surface area contributed by atoms with Gasteiger partial charge in [0.2, 0.25) is 5.76 Å². The van der Waals surface area contributed by atoms with Crippen molar-refractivity contribution in [2.75, 3.05) is 19.8 Å². The molecule has 2 aromatic carbocycles. The first-order chi connectivity index (χ1) is 14.5. The normalized spacial score (nSPS) is 15.6. The van der Waals surface area contributed by atoms with E-state index in [0.29, 0.717) is 36.1 Å². The van der Waals surface area contributed by atoms with E-state index in [9.17, 15) is 14.7 Å². The first kappa shape index (κ1) is 20.6. The number of nitrogens with zero attached hydrogens (tertiary/aromatic N) is 1. The Hall–Kier alpha value is -2.64. The van der Waals surface area contributed by atoms with Crippen LogP contribution in [0.1, 0.15) is 47.5 Å². The number of fused-ring (bicyclic) bond motifs is 2. The van der Waals surface area contributed by atoms with Crippen molar-refractivity contribution in [2.24, 2.45) is 0 Å². The molecular weight excluding hydrogens is 450 g/mol. The SMILES string of the molecule is CCCOc1ccc(C2c3c(oc4ccc(Br)cc4c3=O)C(=O)N2CCCO)cc1. The van der Waals surface area contributed by atoms with E-state index >= 15 is 0 Å². The van der Waals surface area contributed by atoms with Crippen molar-refractivity contribution >= 4 is 32.8 Å². The Balaban J connectivity index is 1.85. The number of rotatable bonds is 7. The maximum atomic E-state index is 13.4. The number of carbonyl (C=O) groups excluding carboxylic acids is 1. The third kappa shape index (κ3) is 3.63. The molecule has 0 saturated carbocycles. The van der Waals surface area contributed by atoms with Gasteiger partial charge in [-0.05, 0) is 48.7 Å². The number of ether oxygens (including phenoxy) is 1. The Kier molecular flexibility index (Phi) is 5.92. The van der Waals surface area contributed by atoms with E-state index in [1.807, 2.05) is 31.2 Å². The van der Waals surface area contributed by atoms with E-state index in [1.165, 1.54) is 0 Å². The molecular formula is C23H22BrNO5. The minimum atomic E-state index is -0.570. The number of benzene rings is 2. The number of aliphatic hydroxyl groups excluding tert-OH is 1. The van der Waals surface area contributed by atoms with Gasteiger partial charge in [0.25, 0.3) is 5.91 Å². The lowest BCUT2D eigenvalue weighted by atomic mass is 9.98. The van der Waals surface area contributed by atoms with Crippen LogP contribution in [0.15, 0.2) is 56.1 Å². The van der Waals surface area contributed by atoms with E-state index in [2.05, 4.69) is 15.9 Å². The minimum absolute atomic E-state index is 0.0487. The molecule has 0 fully saturated rings. The van der Waals surface area contributed by atoms with Gasteiger partial charge in [-0.25, -0.2) is 0 Å². The highest BCUT2D eigenvalue weighted by Crippen LogP contribution is 2.38. The molecule has 1 N–H and O–H groups in total. The third-order valence-corrected chi connectivity index (χ3v) is 5.65. The van der Waals surface area contributed by atoms with E-state index in [-0.39, 0.29) is 23.7 Å². The fourth-order valence-corrected chi connectivity index (χ4v) is 4.14. The first-order valence-electron chi connectivity index (χ1n) is 9.96. The zero-order valence-electron chi connectivity index (χ0n) is 16.6. The summed E-state index contributed by atoms with van der Waals surface area (Å²) in [5, 5.41) is 9.72. The fourth-order valence-electron chi connectivity index (χ4n) is 3.78. The summed E-state index contributed by atoms with van der Waals surface area (Å²) in [7, 11) is 0. The van der Waals surface area contributed by atoms with Gasteiger partial charge in [-0.1, -0.05) is 35.0 Å². The predicted molar refractivity (Wildman–Crippen MR) is 117 cm³/mol. The van der Waals surface area contributed by atoms with Crippen LogP contribution in [0.2, 0.25) is 0 Å². The molecule has 156 valence electrons. The summed E-state index contributed by atoms with van der Waals surface area (Å²) in [4.78, 5) is 28.1. The monoisotopic (exact) mass is 471 g/mol. The van der Waals surface area contributed by atoms with Crippen LogP contribution in [0.3, 0.4) is 0 Å². The van der Waals surface area contributed by atoms with Gasteiger partial charge >= 0.3 is 0 Å². The molecule has 1 aliphatic heterocycles. The van der Waals surface area contributed by atoms with Crippen LogP contribution < -0.4 is 10.2 Å². The minimum Gasteiger partial charge on any atom is -0.494 e. The average Bonchev–Trinajstić information content (AvgIpc) is 3.03. The maximum Gasteiger partial charge on any atom is 0.290 e. The standard InChI is InChI=1S/C23H22BrNO5/c1-2-12-29-16-7-4-14(5-8-16)20-19-21(27)17-13-15(24)6-9-18(17)30-22(19)23(28)25(20)10-3-11-26/h4-9,13,20,26H,2-3,10-12H2,1H3. The summed E-state index contributed by atoms with van der Waals surface area (Å²) >= 11 is 3.39. The first-order valence-corrected chi connectivity index (χ1v) is 10.7. The number of hydrogen-bond donors (Lipinski definition) is 1. The molecule has 1 unspecified atom stereocenters. The molecule has 7 heteroatoms. The van der Waals surface area contributed by atoms with Gasteiger partial charge in [0, 0.05) is 17.6 Å². The van der Waals surface area contributed by atoms with E-state index in [1.54, 1.807) is 23.1 Å². The summed E-state index contributed by atoms with van der Waals surface area (Å²) in [6.45, 7) is 2.93. The van der Waals surface area contributed by atoms with E-state index in [4.69, 9.17) is 9.15 Å². The molecule has 1 aromatic heterocycles. The predicted octanol–water partition coefficient (Wildman–Crippen LogP) is 4.27. The van der Waals surface area contributed by atoms with Gasteiger partial charge in [0.15, 0.2) is 5.43 Å². The zero-order chi connectivity index (χ0) is 21.3. The quantitative estimate of drug-likeness (QED) is 0.556. The van der Waals surface area contributed by atoms with Gasteiger partial charge < -0.3 is 19.2 Å². The number of carbonyl (C=O) groups is 1. The average molecular weight is 472 g/mol. The summed E-state index contributed by atoms with van der Waals surface area (Å²) < 4.78 is 12.3. The molecule has 30 heavy (non-hydrogen) atoms. The molecule has 0 bridgehead atoms. The summed E-state index contributed by atoms with van der Waals surface area (Å²) in [5.41, 5.74) is 1.29. The number of halogens is 1. The highest BCUT2D eigenvalue weighted by molar-refractivity contribution is 9.10. The Morgan fingerprint density at radius 1 is 1.17 bits per heavy atom. The summed E-state index contributed by atoms with van der Waals surface area (Å²) in [5.74, 6) is 0.474. The van der Waals surface area contributed by atoms with Crippen molar-refractivity contribution in [3.8, 4) is 5.75 Å². The third-order valence-electron chi connectivity index (χ3n) is 5.15.